The minimum atomic E-state index is -0.690. The van der Waals surface area contributed by atoms with E-state index in [0.29, 0.717) is 23.5 Å². The molecule has 1 N–H and O–H groups in total. The maximum absolute atomic E-state index is 12.4. The molecule has 1 aromatic rings. The molecule has 6 nitrogen and oxygen atoms in total. The molecule has 1 atom stereocenters. The summed E-state index contributed by atoms with van der Waals surface area (Å²) in [6, 6.07) is 4.18. The maximum Gasteiger partial charge on any atom is 0.328 e. The van der Waals surface area contributed by atoms with Crippen molar-refractivity contribution in [3.8, 4) is 11.5 Å². The van der Waals surface area contributed by atoms with E-state index in [1.54, 1.807) is 18.2 Å². The third kappa shape index (κ3) is 4.65. The summed E-state index contributed by atoms with van der Waals surface area (Å²) >= 11 is 0. The SMILES string of the molecule is COC(=O)[C@H](CC(C)C)NC(=O)c1ccc(OC)cc1OC. The van der Waals surface area contributed by atoms with E-state index in [1.807, 2.05) is 13.8 Å². The quantitative estimate of drug-likeness (QED) is 0.780. The molecule has 0 heterocycles. The number of rotatable bonds is 7. The van der Waals surface area contributed by atoms with Crippen molar-refractivity contribution >= 4 is 11.9 Å². The lowest BCUT2D eigenvalue weighted by molar-refractivity contribution is -0.143. The Balaban J connectivity index is 2.96. The Labute approximate surface area is 130 Å². The Morgan fingerprint density at radius 3 is 2.32 bits per heavy atom. The first kappa shape index (κ1) is 17.8. The van der Waals surface area contributed by atoms with E-state index in [0.717, 1.165) is 0 Å². The fraction of sp³-hybridized carbons (Fsp3) is 0.500. The second kappa shape index (κ2) is 8.26. The van der Waals surface area contributed by atoms with Crippen LogP contribution in [-0.2, 0) is 9.53 Å². The molecule has 0 saturated carbocycles. The molecule has 1 rings (SSSR count). The van der Waals surface area contributed by atoms with Crippen molar-refractivity contribution < 1.29 is 23.8 Å². The summed E-state index contributed by atoms with van der Waals surface area (Å²) in [5, 5.41) is 2.69. The van der Waals surface area contributed by atoms with Crippen LogP contribution in [0.4, 0.5) is 0 Å². The lowest BCUT2D eigenvalue weighted by Gasteiger charge is -2.19. The molecule has 6 heteroatoms. The number of amides is 1. The van der Waals surface area contributed by atoms with Crippen LogP contribution in [0.3, 0.4) is 0 Å². The van der Waals surface area contributed by atoms with Gasteiger partial charge in [-0.3, -0.25) is 4.79 Å². The Morgan fingerprint density at radius 1 is 1.14 bits per heavy atom. The van der Waals surface area contributed by atoms with Gasteiger partial charge < -0.3 is 19.5 Å². The molecule has 1 amide bonds. The van der Waals surface area contributed by atoms with Crippen molar-refractivity contribution in [2.75, 3.05) is 21.3 Å². The molecule has 0 saturated heterocycles. The maximum atomic E-state index is 12.4. The van der Waals surface area contributed by atoms with Crippen LogP contribution in [0.25, 0.3) is 0 Å². The van der Waals surface area contributed by atoms with Crippen molar-refractivity contribution in [2.45, 2.75) is 26.3 Å². The fourth-order valence-corrected chi connectivity index (χ4v) is 2.05. The van der Waals surface area contributed by atoms with Gasteiger partial charge in [0.05, 0.1) is 26.9 Å². The Hall–Kier alpha value is -2.24. The molecule has 0 spiro atoms. The van der Waals surface area contributed by atoms with Gasteiger partial charge in [-0.15, -0.1) is 0 Å². The van der Waals surface area contributed by atoms with Crippen LogP contribution < -0.4 is 14.8 Å². The highest BCUT2D eigenvalue weighted by Crippen LogP contribution is 2.24. The largest absolute Gasteiger partial charge is 0.497 e. The van der Waals surface area contributed by atoms with Gasteiger partial charge in [-0.1, -0.05) is 13.8 Å². The summed E-state index contributed by atoms with van der Waals surface area (Å²) in [6.45, 7) is 3.94. The summed E-state index contributed by atoms with van der Waals surface area (Å²) in [5.74, 6) is 0.345. The van der Waals surface area contributed by atoms with Gasteiger partial charge in [-0.25, -0.2) is 4.79 Å². The van der Waals surface area contributed by atoms with E-state index in [1.165, 1.54) is 21.3 Å². The fourth-order valence-electron chi connectivity index (χ4n) is 2.05. The highest BCUT2D eigenvalue weighted by molar-refractivity contribution is 5.99. The molecular weight excluding hydrogens is 286 g/mol. The number of hydrogen-bond donors (Lipinski definition) is 1. The van der Waals surface area contributed by atoms with Gasteiger partial charge in [0.25, 0.3) is 5.91 Å². The van der Waals surface area contributed by atoms with Crippen LogP contribution in [0.5, 0.6) is 11.5 Å². The van der Waals surface area contributed by atoms with Gasteiger partial charge in [-0.2, -0.15) is 0 Å². The summed E-state index contributed by atoms with van der Waals surface area (Å²) < 4.78 is 15.0. The highest BCUT2D eigenvalue weighted by atomic mass is 16.5. The smallest absolute Gasteiger partial charge is 0.328 e. The zero-order chi connectivity index (χ0) is 16.7. The molecule has 22 heavy (non-hydrogen) atoms. The molecule has 0 aromatic heterocycles. The first-order valence-corrected chi connectivity index (χ1v) is 7.03. The van der Waals surface area contributed by atoms with Gasteiger partial charge in [0.2, 0.25) is 0 Å². The molecule has 0 aliphatic rings. The van der Waals surface area contributed by atoms with Crippen LogP contribution in [0.2, 0.25) is 0 Å². The number of carbonyl (C=O) groups is 2. The molecule has 0 unspecified atom stereocenters. The van der Waals surface area contributed by atoms with Crippen molar-refractivity contribution in [1.29, 1.82) is 0 Å². The molecule has 1 aromatic carbocycles. The van der Waals surface area contributed by atoms with E-state index in [4.69, 9.17) is 14.2 Å². The highest BCUT2D eigenvalue weighted by Gasteiger charge is 2.24. The van der Waals surface area contributed by atoms with Crippen molar-refractivity contribution in [1.82, 2.24) is 5.32 Å². The third-order valence-corrected chi connectivity index (χ3v) is 3.15. The zero-order valence-electron chi connectivity index (χ0n) is 13.6. The third-order valence-electron chi connectivity index (χ3n) is 3.15. The first-order valence-electron chi connectivity index (χ1n) is 7.03. The number of carbonyl (C=O) groups excluding carboxylic acids is 2. The van der Waals surface area contributed by atoms with E-state index in [2.05, 4.69) is 5.32 Å². The van der Waals surface area contributed by atoms with Crippen LogP contribution >= 0.6 is 0 Å². The number of esters is 1. The summed E-state index contributed by atoms with van der Waals surface area (Å²) in [5.41, 5.74) is 0.334. The summed E-state index contributed by atoms with van der Waals surface area (Å²) in [6.07, 6.45) is 0.497. The van der Waals surface area contributed by atoms with Crippen LogP contribution in [0.15, 0.2) is 18.2 Å². The second-order valence-corrected chi connectivity index (χ2v) is 5.24. The zero-order valence-corrected chi connectivity index (χ0v) is 13.6. The van der Waals surface area contributed by atoms with Crippen molar-refractivity contribution in [3.63, 3.8) is 0 Å². The Kier molecular flexibility index (Phi) is 6.69. The second-order valence-electron chi connectivity index (χ2n) is 5.24. The Morgan fingerprint density at radius 2 is 1.82 bits per heavy atom. The number of nitrogens with one attached hydrogen (secondary N) is 1. The monoisotopic (exact) mass is 309 g/mol. The van der Waals surface area contributed by atoms with Gasteiger partial charge in [0, 0.05) is 6.07 Å². The van der Waals surface area contributed by atoms with Crippen LogP contribution in [0, 0.1) is 5.92 Å². The van der Waals surface area contributed by atoms with E-state index >= 15 is 0 Å². The predicted molar refractivity (Wildman–Crippen MR) is 82.3 cm³/mol. The average Bonchev–Trinajstić information content (AvgIpc) is 2.52. The summed E-state index contributed by atoms with van der Waals surface area (Å²) in [7, 11) is 4.30. The molecule has 122 valence electrons. The topological polar surface area (TPSA) is 73.9 Å². The number of benzene rings is 1. The molecule has 0 aliphatic carbocycles. The number of ether oxygens (including phenoxy) is 3. The minimum absolute atomic E-state index is 0.238. The van der Waals surface area contributed by atoms with Gasteiger partial charge in [0.15, 0.2) is 0 Å². The number of methoxy groups -OCH3 is 3. The predicted octanol–water partition coefficient (Wildman–Crippen LogP) is 2.02. The molecule has 0 radical (unpaired) electrons. The van der Waals surface area contributed by atoms with Gasteiger partial charge >= 0.3 is 5.97 Å². The number of hydrogen-bond acceptors (Lipinski definition) is 5. The average molecular weight is 309 g/mol. The van der Waals surface area contributed by atoms with Crippen molar-refractivity contribution in [3.05, 3.63) is 23.8 Å². The normalized spacial score (nSPS) is 11.7. The lowest BCUT2D eigenvalue weighted by Crippen LogP contribution is -2.42. The van der Waals surface area contributed by atoms with Gasteiger partial charge in [0.1, 0.15) is 17.5 Å². The molecule has 0 bridgehead atoms. The van der Waals surface area contributed by atoms with E-state index in [9.17, 15) is 9.59 Å². The van der Waals surface area contributed by atoms with E-state index in [-0.39, 0.29) is 5.92 Å². The minimum Gasteiger partial charge on any atom is -0.497 e. The van der Waals surface area contributed by atoms with Gasteiger partial charge in [-0.05, 0) is 24.5 Å². The molecule has 0 aliphatic heterocycles. The van der Waals surface area contributed by atoms with E-state index < -0.39 is 17.9 Å². The molecular formula is C16H23NO5. The Bertz CT molecular complexity index is 527. The van der Waals surface area contributed by atoms with Crippen molar-refractivity contribution in [2.24, 2.45) is 5.92 Å². The lowest BCUT2D eigenvalue weighted by atomic mass is 10.0. The standard InChI is InChI=1S/C16H23NO5/c1-10(2)8-13(16(19)22-5)17-15(18)12-7-6-11(20-3)9-14(12)21-4/h6-7,9-10,13H,8H2,1-5H3,(H,17,18)/t13-/m0/s1. The van der Waals surface area contributed by atoms with Crippen LogP contribution in [-0.4, -0.2) is 39.2 Å². The first-order chi connectivity index (χ1) is 10.4. The molecule has 0 fully saturated rings. The summed E-state index contributed by atoms with van der Waals surface area (Å²) in [4.78, 5) is 24.2. The van der Waals surface area contributed by atoms with Crippen LogP contribution in [0.1, 0.15) is 30.6 Å².